The number of rotatable bonds is 2. The van der Waals surface area contributed by atoms with Crippen molar-refractivity contribution >= 4 is 5.91 Å². The van der Waals surface area contributed by atoms with E-state index in [0.29, 0.717) is 13.1 Å². The van der Waals surface area contributed by atoms with Crippen molar-refractivity contribution in [3.8, 4) is 0 Å². The predicted octanol–water partition coefficient (Wildman–Crippen LogP) is -0.394. The van der Waals surface area contributed by atoms with Gasteiger partial charge in [0.2, 0.25) is 5.91 Å². The van der Waals surface area contributed by atoms with E-state index < -0.39 is 0 Å². The van der Waals surface area contributed by atoms with Gasteiger partial charge < -0.3 is 14.6 Å². The molecule has 5 nitrogen and oxygen atoms in total. The number of carbonyl (C=O) groups excluding carboxylic acids is 1. The van der Waals surface area contributed by atoms with E-state index in [2.05, 4.69) is 10.3 Å². The first kappa shape index (κ1) is 8.25. The van der Waals surface area contributed by atoms with Crippen LogP contribution in [0.5, 0.6) is 0 Å². The first-order valence-corrected chi connectivity index (χ1v) is 4.22. The Kier molecular flexibility index (Phi) is 2.27. The molecule has 1 amide bonds. The highest BCUT2D eigenvalue weighted by molar-refractivity contribution is 5.78. The highest BCUT2D eigenvalue weighted by Crippen LogP contribution is 2.03. The van der Waals surface area contributed by atoms with Crippen LogP contribution in [0.15, 0.2) is 17.1 Å². The van der Waals surface area contributed by atoms with Gasteiger partial charge in [0.05, 0.1) is 18.8 Å². The van der Waals surface area contributed by atoms with Crippen LogP contribution in [0, 0.1) is 0 Å². The Labute approximate surface area is 75.7 Å². The number of amides is 1. The lowest BCUT2D eigenvalue weighted by atomic mass is 10.3. The molecule has 0 aromatic carbocycles. The molecule has 0 atom stereocenters. The summed E-state index contributed by atoms with van der Waals surface area (Å²) in [5.41, 5.74) is 0.801. The normalized spacial score (nSPS) is 17.8. The Balaban J connectivity index is 1.97. The van der Waals surface area contributed by atoms with E-state index >= 15 is 0 Å². The average molecular weight is 181 g/mol. The van der Waals surface area contributed by atoms with E-state index in [1.54, 1.807) is 11.2 Å². The van der Waals surface area contributed by atoms with Crippen LogP contribution in [0.25, 0.3) is 0 Å². The Hall–Kier alpha value is -1.36. The van der Waals surface area contributed by atoms with Crippen LogP contribution in [0.4, 0.5) is 0 Å². The molecule has 1 aromatic rings. The fraction of sp³-hybridized carbons (Fsp3) is 0.500. The molecule has 5 heteroatoms. The van der Waals surface area contributed by atoms with E-state index in [-0.39, 0.29) is 5.91 Å². The second-order valence-electron chi connectivity index (χ2n) is 2.97. The molecule has 2 rings (SSSR count). The van der Waals surface area contributed by atoms with Crippen LogP contribution in [0.2, 0.25) is 0 Å². The Morgan fingerprint density at radius 2 is 2.62 bits per heavy atom. The molecule has 1 aromatic heterocycles. The van der Waals surface area contributed by atoms with Gasteiger partial charge in [0.1, 0.15) is 6.26 Å². The first-order chi connectivity index (χ1) is 6.36. The van der Waals surface area contributed by atoms with Crippen molar-refractivity contribution in [2.24, 2.45) is 0 Å². The Bertz CT molecular complexity index is 284. The first-order valence-electron chi connectivity index (χ1n) is 4.22. The van der Waals surface area contributed by atoms with Gasteiger partial charge in [-0.2, -0.15) is 0 Å². The second kappa shape index (κ2) is 3.57. The van der Waals surface area contributed by atoms with Gasteiger partial charge in [-0.3, -0.25) is 4.79 Å². The zero-order valence-electron chi connectivity index (χ0n) is 7.19. The molecular formula is C8H11N3O2. The Morgan fingerprint density at radius 3 is 3.31 bits per heavy atom. The summed E-state index contributed by atoms with van der Waals surface area (Å²) in [5.74, 6) is 0.120. The van der Waals surface area contributed by atoms with Gasteiger partial charge in [0, 0.05) is 13.1 Å². The van der Waals surface area contributed by atoms with Crippen molar-refractivity contribution in [2.75, 3.05) is 19.6 Å². The highest BCUT2D eigenvalue weighted by Gasteiger charge is 2.18. The average Bonchev–Trinajstić information content (AvgIpc) is 2.61. The summed E-state index contributed by atoms with van der Waals surface area (Å²) in [6.07, 6.45) is 2.94. The fourth-order valence-corrected chi connectivity index (χ4v) is 1.32. The van der Waals surface area contributed by atoms with Crippen molar-refractivity contribution in [3.63, 3.8) is 0 Å². The summed E-state index contributed by atoms with van der Waals surface area (Å²) in [4.78, 5) is 17.1. The number of nitrogens with one attached hydrogen (secondary N) is 1. The molecule has 0 unspecified atom stereocenters. The zero-order valence-corrected chi connectivity index (χ0v) is 7.19. The third-order valence-electron chi connectivity index (χ3n) is 2.02. The molecule has 0 saturated carbocycles. The van der Waals surface area contributed by atoms with Gasteiger partial charge in [-0.05, 0) is 0 Å². The van der Waals surface area contributed by atoms with Crippen LogP contribution in [-0.4, -0.2) is 35.4 Å². The standard InChI is InChI=1S/C8H11N3O2/c12-8-3-9-1-2-11(8)4-7-5-13-6-10-7/h5-6,9H,1-4H2. The van der Waals surface area contributed by atoms with Crippen molar-refractivity contribution in [2.45, 2.75) is 6.54 Å². The van der Waals surface area contributed by atoms with Crippen LogP contribution in [0.1, 0.15) is 5.69 Å². The highest BCUT2D eigenvalue weighted by atomic mass is 16.3. The molecule has 1 fully saturated rings. The largest absolute Gasteiger partial charge is 0.451 e. The van der Waals surface area contributed by atoms with E-state index in [9.17, 15) is 4.79 Å². The van der Waals surface area contributed by atoms with Gasteiger partial charge in [-0.1, -0.05) is 0 Å². The maximum Gasteiger partial charge on any atom is 0.236 e. The second-order valence-corrected chi connectivity index (χ2v) is 2.97. The molecule has 70 valence electrons. The van der Waals surface area contributed by atoms with Gasteiger partial charge in [-0.25, -0.2) is 4.98 Å². The third-order valence-corrected chi connectivity index (χ3v) is 2.02. The van der Waals surface area contributed by atoms with Gasteiger partial charge in [-0.15, -0.1) is 0 Å². The van der Waals surface area contributed by atoms with E-state index in [0.717, 1.165) is 18.8 Å². The number of hydrogen-bond acceptors (Lipinski definition) is 4. The minimum absolute atomic E-state index is 0.120. The summed E-state index contributed by atoms with van der Waals surface area (Å²) < 4.78 is 4.83. The third kappa shape index (κ3) is 1.86. The SMILES string of the molecule is O=C1CNCCN1Cc1cocn1. The van der Waals surface area contributed by atoms with Crippen LogP contribution in [-0.2, 0) is 11.3 Å². The molecule has 1 aliphatic rings. The molecule has 0 aliphatic carbocycles. The molecule has 13 heavy (non-hydrogen) atoms. The van der Waals surface area contributed by atoms with Crippen molar-refractivity contribution in [1.29, 1.82) is 0 Å². The quantitative estimate of drug-likeness (QED) is 0.674. The molecule has 1 saturated heterocycles. The van der Waals surface area contributed by atoms with Gasteiger partial charge >= 0.3 is 0 Å². The molecule has 0 radical (unpaired) electrons. The number of nitrogens with zero attached hydrogens (tertiary/aromatic N) is 2. The summed E-state index contributed by atoms with van der Waals surface area (Å²) in [6, 6.07) is 0. The number of piperazine rings is 1. The van der Waals surface area contributed by atoms with Crippen LogP contribution < -0.4 is 5.32 Å². The van der Waals surface area contributed by atoms with E-state index in [1.807, 2.05) is 0 Å². The van der Waals surface area contributed by atoms with Gasteiger partial charge in [0.15, 0.2) is 6.39 Å². The predicted molar refractivity (Wildman–Crippen MR) is 44.8 cm³/mol. The molecule has 1 aliphatic heterocycles. The lowest BCUT2D eigenvalue weighted by Crippen LogP contribution is -2.47. The van der Waals surface area contributed by atoms with E-state index in [4.69, 9.17) is 4.42 Å². The Morgan fingerprint density at radius 1 is 1.69 bits per heavy atom. The monoisotopic (exact) mass is 181 g/mol. The van der Waals surface area contributed by atoms with Gasteiger partial charge in [0.25, 0.3) is 0 Å². The molecule has 0 spiro atoms. The van der Waals surface area contributed by atoms with E-state index in [1.165, 1.54) is 6.39 Å². The molecule has 0 bridgehead atoms. The zero-order chi connectivity index (χ0) is 9.10. The minimum Gasteiger partial charge on any atom is -0.451 e. The lowest BCUT2D eigenvalue weighted by molar-refractivity contribution is -0.132. The number of aromatic nitrogens is 1. The molecular weight excluding hydrogens is 170 g/mol. The number of hydrogen-bond donors (Lipinski definition) is 1. The van der Waals surface area contributed by atoms with Crippen molar-refractivity contribution < 1.29 is 9.21 Å². The summed E-state index contributed by atoms with van der Waals surface area (Å²) in [5, 5.41) is 3.01. The summed E-state index contributed by atoms with van der Waals surface area (Å²) in [6.45, 7) is 2.57. The van der Waals surface area contributed by atoms with Crippen LogP contribution in [0.3, 0.4) is 0 Å². The van der Waals surface area contributed by atoms with Crippen LogP contribution >= 0.6 is 0 Å². The smallest absolute Gasteiger partial charge is 0.236 e. The van der Waals surface area contributed by atoms with Crippen molar-refractivity contribution in [3.05, 3.63) is 18.4 Å². The molecule has 1 N–H and O–H groups in total. The number of carbonyl (C=O) groups is 1. The number of oxazole rings is 1. The minimum atomic E-state index is 0.120. The summed E-state index contributed by atoms with van der Waals surface area (Å²) in [7, 11) is 0. The maximum atomic E-state index is 11.3. The summed E-state index contributed by atoms with van der Waals surface area (Å²) >= 11 is 0. The van der Waals surface area contributed by atoms with Crippen molar-refractivity contribution in [1.82, 2.24) is 15.2 Å². The lowest BCUT2D eigenvalue weighted by Gasteiger charge is -2.26. The fourth-order valence-electron chi connectivity index (χ4n) is 1.32. The topological polar surface area (TPSA) is 58.4 Å². The maximum absolute atomic E-state index is 11.3. The molecule has 2 heterocycles.